The van der Waals surface area contributed by atoms with Crippen molar-refractivity contribution < 1.29 is 4.79 Å². The number of imidazole rings is 1. The van der Waals surface area contributed by atoms with Crippen molar-refractivity contribution in [1.82, 2.24) is 14.9 Å². The molecule has 0 aliphatic heterocycles. The van der Waals surface area contributed by atoms with Crippen LogP contribution < -0.4 is 11.1 Å². The summed E-state index contributed by atoms with van der Waals surface area (Å²) in [6.07, 6.45) is 7.77. The minimum absolute atomic E-state index is 0.0460. The molecule has 1 aromatic heterocycles. The Hall–Kier alpha value is -1.36. The third kappa shape index (κ3) is 2.66. The second-order valence-corrected chi connectivity index (χ2v) is 4.75. The van der Waals surface area contributed by atoms with E-state index in [1.807, 2.05) is 7.05 Å². The van der Waals surface area contributed by atoms with E-state index < -0.39 is 0 Å². The minimum atomic E-state index is -0.0460. The van der Waals surface area contributed by atoms with Crippen LogP contribution in [0, 0.1) is 5.92 Å². The van der Waals surface area contributed by atoms with E-state index in [9.17, 15) is 4.79 Å². The molecule has 1 aliphatic rings. The van der Waals surface area contributed by atoms with Crippen LogP contribution in [0.1, 0.15) is 36.2 Å². The Bertz CT molecular complexity index is 388. The van der Waals surface area contributed by atoms with E-state index in [0.717, 1.165) is 12.8 Å². The third-order valence-corrected chi connectivity index (χ3v) is 3.58. The van der Waals surface area contributed by atoms with Crippen molar-refractivity contribution in [2.45, 2.75) is 31.7 Å². The molecule has 0 bridgehead atoms. The summed E-state index contributed by atoms with van der Waals surface area (Å²) in [5.74, 6) is 0.372. The first-order chi connectivity index (χ1) is 8.22. The van der Waals surface area contributed by atoms with Crippen LogP contribution in [0.15, 0.2) is 12.5 Å². The second-order valence-electron chi connectivity index (χ2n) is 4.75. The van der Waals surface area contributed by atoms with Crippen LogP contribution in [-0.2, 0) is 7.05 Å². The number of carbonyl (C=O) groups excluding carboxylic acids is 1. The number of carbonyl (C=O) groups is 1. The molecule has 5 heteroatoms. The molecule has 2 unspecified atom stereocenters. The fourth-order valence-corrected chi connectivity index (χ4v) is 2.50. The van der Waals surface area contributed by atoms with Gasteiger partial charge in [-0.05, 0) is 25.3 Å². The highest BCUT2D eigenvalue weighted by Gasteiger charge is 2.26. The van der Waals surface area contributed by atoms with Gasteiger partial charge in [-0.25, -0.2) is 4.98 Å². The number of aromatic nitrogens is 2. The van der Waals surface area contributed by atoms with Crippen LogP contribution in [0.25, 0.3) is 0 Å². The summed E-state index contributed by atoms with van der Waals surface area (Å²) in [7, 11) is 1.82. The molecule has 0 radical (unpaired) electrons. The van der Waals surface area contributed by atoms with Crippen LogP contribution in [0.5, 0.6) is 0 Å². The van der Waals surface area contributed by atoms with Gasteiger partial charge in [-0.3, -0.25) is 4.79 Å². The number of rotatable bonds is 3. The number of hydrogen-bond donors (Lipinski definition) is 2. The van der Waals surface area contributed by atoms with Gasteiger partial charge >= 0.3 is 0 Å². The summed E-state index contributed by atoms with van der Waals surface area (Å²) in [6, 6.07) is 0.219. The summed E-state index contributed by atoms with van der Waals surface area (Å²) in [6.45, 7) is 0.649. The Labute approximate surface area is 101 Å². The van der Waals surface area contributed by atoms with Crippen LogP contribution >= 0.6 is 0 Å². The zero-order chi connectivity index (χ0) is 12.3. The first-order valence-electron chi connectivity index (χ1n) is 6.19. The molecule has 1 saturated carbocycles. The number of hydrogen-bond acceptors (Lipinski definition) is 3. The molecule has 0 aromatic carbocycles. The lowest BCUT2D eigenvalue weighted by molar-refractivity contribution is 0.0899. The SMILES string of the molecule is Cn1cncc1C(=O)NC1CCCCC1CN. The number of nitrogens with two attached hydrogens (primary N) is 1. The molecule has 0 saturated heterocycles. The van der Waals surface area contributed by atoms with Gasteiger partial charge in [0.05, 0.1) is 12.5 Å². The Balaban J connectivity index is 2.00. The van der Waals surface area contributed by atoms with Gasteiger partial charge in [-0.1, -0.05) is 12.8 Å². The third-order valence-electron chi connectivity index (χ3n) is 3.58. The van der Waals surface area contributed by atoms with Gasteiger partial charge in [-0.15, -0.1) is 0 Å². The molecule has 1 heterocycles. The van der Waals surface area contributed by atoms with E-state index in [-0.39, 0.29) is 11.9 Å². The number of aryl methyl sites for hydroxylation is 1. The molecule has 3 N–H and O–H groups in total. The molecule has 94 valence electrons. The standard InChI is InChI=1S/C12H20N4O/c1-16-8-14-7-11(16)12(17)15-10-5-3-2-4-9(10)6-13/h7-10H,2-6,13H2,1H3,(H,15,17). The highest BCUT2D eigenvalue weighted by molar-refractivity contribution is 5.92. The van der Waals surface area contributed by atoms with Crippen LogP contribution in [-0.4, -0.2) is 28.0 Å². The van der Waals surface area contributed by atoms with Gasteiger partial charge in [0.25, 0.3) is 5.91 Å². The fraction of sp³-hybridized carbons (Fsp3) is 0.667. The number of nitrogens with one attached hydrogen (secondary N) is 1. The largest absolute Gasteiger partial charge is 0.348 e. The van der Waals surface area contributed by atoms with Gasteiger partial charge in [-0.2, -0.15) is 0 Å². The fourth-order valence-electron chi connectivity index (χ4n) is 2.50. The van der Waals surface area contributed by atoms with Gasteiger partial charge in [0.1, 0.15) is 5.69 Å². The monoisotopic (exact) mass is 236 g/mol. The Kier molecular flexibility index (Phi) is 3.78. The molecule has 1 aliphatic carbocycles. The van der Waals surface area contributed by atoms with E-state index in [2.05, 4.69) is 10.3 Å². The zero-order valence-electron chi connectivity index (χ0n) is 10.2. The van der Waals surface area contributed by atoms with Crippen molar-refractivity contribution in [2.24, 2.45) is 18.7 Å². The van der Waals surface area contributed by atoms with Crippen molar-refractivity contribution in [1.29, 1.82) is 0 Å². The number of amides is 1. The van der Waals surface area contributed by atoms with E-state index >= 15 is 0 Å². The predicted molar refractivity (Wildman–Crippen MR) is 65.5 cm³/mol. The van der Waals surface area contributed by atoms with E-state index in [1.165, 1.54) is 12.8 Å². The first kappa shape index (κ1) is 12.1. The van der Waals surface area contributed by atoms with Gasteiger partial charge in [0.2, 0.25) is 0 Å². The Morgan fingerprint density at radius 3 is 3.00 bits per heavy atom. The van der Waals surface area contributed by atoms with Crippen molar-refractivity contribution in [3.8, 4) is 0 Å². The predicted octanol–water partition coefficient (Wildman–Crippen LogP) is 0.667. The first-order valence-corrected chi connectivity index (χ1v) is 6.19. The normalized spacial score (nSPS) is 24.6. The van der Waals surface area contributed by atoms with Crippen LogP contribution in [0.2, 0.25) is 0 Å². The smallest absolute Gasteiger partial charge is 0.269 e. The maximum absolute atomic E-state index is 12.0. The van der Waals surface area contributed by atoms with E-state index in [1.54, 1.807) is 17.1 Å². The van der Waals surface area contributed by atoms with Gasteiger partial charge < -0.3 is 15.6 Å². The number of nitrogens with zero attached hydrogens (tertiary/aromatic N) is 2. The average Bonchev–Trinajstić information content (AvgIpc) is 2.76. The molecular weight excluding hydrogens is 216 g/mol. The lowest BCUT2D eigenvalue weighted by atomic mass is 9.84. The Morgan fingerprint density at radius 1 is 1.59 bits per heavy atom. The second kappa shape index (κ2) is 5.31. The molecule has 17 heavy (non-hydrogen) atoms. The molecular formula is C12H20N4O. The molecule has 1 aromatic rings. The maximum atomic E-state index is 12.0. The topological polar surface area (TPSA) is 72.9 Å². The molecule has 0 spiro atoms. The molecule has 2 rings (SSSR count). The summed E-state index contributed by atoms with van der Waals surface area (Å²) in [5, 5.41) is 3.08. The summed E-state index contributed by atoms with van der Waals surface area (Å²) in [5.41, 5.74) is 6.35. The average molecular weight is 236 g/mol. The molecule has 2 atom stereocenters. The molecule has 5 nitrogen and oxygen atoms in total. The van der Waals surface area contributed by atoms with E-state index in [4.69, 9.17) is 5.73 Å². The Morgan fingerprint density at radius 2 is 2.35 bits per heavy atom. The van der Waals surface area contributed by atoms with Crippen molar-refractivity contribution in [3.05, 3.63) is 18.2 Å². The van der Waals surface area contributed by atoms with Gasteiger partial charge in [0, 0.05) is 13.1 Å². The lowest BCUT2D eigenvalue weighted by Crippen LogP contribution is -2.45. The van der Waals surface area contributed by atoms with Crippen molar-refractivity contribution >= 4 is 5.91 Å². The molecule has 1 amide bonds. The summed E-state index contributed by atoms with van der Waals surface area (Å²) >= 11 is 0. The van der Waals surface area contributed by atoms with Crippen LogP contribution in [0.3, 0.4) is 0 Å². The highest BCUT2D eigenvalue weighted by atomic mass is 16.2. The van der Waals surface area contributed by atoms with Crippen molar-refractivity contribution in [2.75, 3.05) is 6.54 Å². The zero-order valence-corrected chi connectivity index (χ0v) is 10.2. The summed E-state index contributed by atoms with van der Waals surface area (Å²) in [4.78, 5) is 16.0. The van der Waals surface area contributed by atoms with Crippen LogP contribution in [0.4, 0.5) is 0 Å². The minimum Gasteiger partial charge on any atom is -0.348 e. The summed E-state index contributed by atoms with van der Waals surface area (Å²) < 4.78 is 1.73. The lowest BCUT2D eigenvalue weighted by Gasteiger charge is -2.31. The molecule has 1 fully saturated rings. The maximum Gasteiger partial charge on any atom is 0.269 e. The van der Waals surface area contributed by atoms with Crippen molar-refractivity contribution in [3.63, 3.8) is 0 Å². The van der Waals surface area contributed by atoms with Gasteiger partial charge in [0.15, 0.2) is 0 Å². The van der Waals surface area contributed by atoms with E-state index in [0.29, 0.717) is 18.2 Å². The quantitative estimate of drug-likeness (QED) is 0.810. The highest BCUT2D eigenvalue weighted by Crippen LogP contribution is 2.23.